The molecule has 20 heavy (non-hydrogen) atoms. The number of esters is 1. The first-order chi connectivity index (χ1) is 9.17. The maximum atomic E-state index is 12.2. The molecule has 0 aromatic heterocycles. The number of aromatic hydroxyl groups is 1. The molecule has 0 fully saturated rings. The first kappa shape index (κ1) is 16.5. The predicted octanol–water partition coefficient (Wildman–Crippen LogP) is 3.07. The molecule has 0 aliphatic heterocycles. The molecule has 112 valence electrons. The third-order valence-corrected chi connectivity index (χ3v) is 2.44. The van der Waals surface area contributed by atoms with E-state index in [9.17, 15) is 9.90 Å². The van der Waals surface area contributed by atoms with Crippen molar-refractivity contribution in [3.05, 3.63) is 29.8 Å². The number of carbonyl (C=O) groups excluding carboxylic acids is 1. The molecule has 0 saturated carbocycles. The van der Waals surface area contributed by atoms with Gasteiger partial charge < -0.3 is 14.6 Å². The monoisotopic (exact) mass is 280 g/mol. The van der Waals surface area contributed by atoms with Crippen LogP contribution in [-0.4, -0.2) is 28.9 Å². The molecule has 0 aliphatic carbocycles. The van der Waals surface area contributed by atoms with Crippen molar-refractivity contribution in [3.63, 3.8) is 0 Å². The van der Waals surface area contributed by atoms with Crippen LogP contribution in [0.1, 0.15) is 40.2 Å². The van der Waals surface area contributed by atoms with Crippen LogP contribution in [0.15, 0.2) is 24.3 Å². The van der Waals surface area contributed by atoms with Crippen molar-refractivity contribution in [2.45, 2.75) is 58.8 Å². The highest BCUT2D eigenvalue weighted by atomic mass is 16.6. The van der Waals surface area contributed by atoms with Gasteiger partial charge in [-0.25, -0.2) is 4.79 Å². The number of hydrogen-bond donors (Lipinski definition) is 1. The van der Waals surface area contributed by atoms with Gasteiger partial charge in [0.25, 0.3) is 0 Å². The van der Waals surface area contributed by atoms with Gasteiger partial charge in [-0.2, -0.15) is 0 Å². The van der Waals surface area contributed by atoms with Crippen LogP contribution in [0, 0.1) is 0 Å². The fourth-order valence-electron chi connectivity index (χ4n) is 1.78. The normalized spacial score (nSPS) is 13.3. The van der Waals surface area contributed by atoms with E-state index in [1.54, 1.807) is 18.2 Å². The van der Waals surface area contributed by atoms with Gasteiger partial charge in [0.2, 0.25) is 0 Å². The SMILES string of the molecule is CC(C)OC(Cc1cccc(O)c1)C(=O)OC(C)(C)C. The van der Waals surface area contributed by atoms with Crippen LogP contribution in [0.5, 0.6) is 5.75 Å². The number of rotatable bonds is 5. The second-order valence-corrected chi connectivity index (χ2v) is 6.08. The molecule has 1 rings (SSSR count). The number of carbonyl (C=O) groups is 1. The van der Waals surface area contributed by atoms with E-state index in [2.05, 4.69) is 0 Å². The lowest BCUT2D eigenvalue weighted by atomic mass is 10.1. The molecule has 0 amide bonds. The quantitative estimate of drug-likeness (QED) is 0.842. The zero-order chi connectivity index (χ0) is 15.3. The Balaban J connectivity index is 2.81. The molecule has 0 aliphatic rings. The summed E-state index contributed by atoms with van der Waals surface area (Å²) in [6.07, 6.45) is -0.373. The summed E-state index contributed by atoms with van der Waals surface area (Å²) >= 11 is 0. The Labute approximate surface area is 120 Å². The molecule has 1 unspecified atom stereocenters. The average Bonchev–Trinajstić information content (AvgIpc) is 2.25. The van der Waals surface area contributed by atoms with E-state index in [1.807, 2.05) is 40.7 Å². The number of benzene rings is 1. The largest absolute Gasteiger partial charge is 0.508 e. The van der Waals surface area contributed by atoms with Crippen LogP contribution in [-0.2, 0) is 20.7 Å². The number of ether oxygens (including phenoxy) is 2. The lowest BCUT2D eigenvalue weighted by Crippen LogP contribution is -2.36. The van der Waals surface area contributed by atoms with Gasteiger partial charge >= 0.3 is 5.97 Å². The molecule has 0 saturated heterocycles. The van der Waals surface area contributed by atoms with Crippen molar-refractivity contribution >= 4 is 5.97 Å². The third-order valence-electron chi connectivity index (χ3n) is 2.44. The molecule has 4 nitrogen and oxygen atoms in total. The summed E-state index contributed by atoms with van der Waals surface area (Å²) in [5.74, 6) is -0.204. The van der Waals surface area contributed by atoms with Gasteiger partial charge in [-0.1, -0.05) is 12.1 Å². The zero-order valence-electron chi connectivity index (χ0n) is 12.8. The first-order valence-electron chi connectivity index (χ1n) is 6.83. The van der Waals surface area contributed by atoms with Crippen LogP contribution in [0.3, 0.4) is 0 Å². The molecular formula is C16H24O4. The van der Waals surface area contributed by atoms with Gasteiger partial charge in [0.15, 0.2) is 6.10 Å². The van der Waals surface area contributed by atoms with Gasteiger partial charge in [0.1, 0.15) is 11.4 Å². The van der Waals surface area contributed by atoms with E-state index in [1.165, 1.54) is 0 Å². The van der Waals surface area contributed by atoms with Crippen LogP contribution in [0.25, 0.3) is 0 Å². The third kappa shape index (κ3) is 6.06. The maximum absolute atomic E-state index is 12.2. The van der Waals surface area contributed by atoms with Crippen molar-refractivity contribution in [2.75, 3.05) is 0 Å². The van der Waals surface area contributed by atoms with Crippen molar-refractivity contribution in [1.29, 1.82) is 0 Å². The van der Waals surface area contributed by atoms with Crippen LogP contribution in [0.2, 0.25) is 0 Å². The number of phenols is 1. The van der Waals surface area contributed by atoms with E-state index < -0.39 is 11.7 Å². The smallest absolute Gasteiger partial charge is 0.336 e. The molecule has 0 spiro atoms. The molecule has 4 heteroatoms. The number of hydrogen-bond acceptors (Lipinski definition) is 4. The Morgan fingerprint density at radius 2 is 1.95 bits per heavy atom. The summed E-state index contributed by atoms with van der Waals surface area (Å²) in [5.41, 5.74) is 0.288. The van der Waals surface area contributed by atoms with Gasteiger partial charge in [-0.15, -0.1) is 0 Å². The summed E-state index contributed by atoms with van der Waals surface area (Å²) in [4.78, 5) is 12.2. The molecule has 0 radical (unpaired) electrons. The standard InChI is InChI=1S/C16H24O4/c1-11(2)19-14(15(18)20-16(3,4)5)10-12-7-6-8-13(17)9-12/h6-9,11,14,17H,10H2,1-5H3. The molecule has 1 N–H and O–H groups in total. The molecule has 0 bridgehead atoms. The molecule has 1 aromatic carbocycles. The molecular weight excluding hydrogens is 256 g/mol. The van der Waals surface area contributed by atoms with E-state index in [4.69, 9.17) is 9.47 Å². The van der Waals surface area contributed by atoms with E-state index >= 15 is 0 Å². The van der Waals surface area contributed by atoms with Crippen molar-refractivity contribution in [2.24, 2.45) is 0 Å². The fourth-order valence-corrected chi connectivity index (χ4v) is 1.78. The number of phenolic OH excluding ortho intramolecular Hbond substituents is 1. The van der Waals surface area contributed by atoms with E-state index in [0.717, 1.165) is 5.56 Å². The van der Waals surface area contributed by atoms with Gasteiger partial charge in [-0.3, -0.25) is 0 Å². The van der Waals surface area contributed by atoms with Crippen LogP contribution < -0.4 is 0 Å². The maximum Gasteiger partial charge on any atom is 0.336 e. The fraction of sp³-hybridized carbons (Fsp3) is 0.562. The zero-order valence-corrected chi connectivity index (χ0v) is 12.8. The van der Waals surface area contributed by atoms with Gasteiger partial charge in [-0.05, 0) is 52.3 Å². The Morgan fingerprint density at radius 3 is 2.45 bits per heavy atom. The van der Waals surface area contributed by atoms with Gasteiger partial charge in [0, 0.05) is 6.42 Å². The van der Waals surface area contributed by atoms with Gasteiger partial charge in [0.05, 0.1) is 6.10 Å². The lowest BCUT2D eigenvalue weighted by molar-refractivity contribution is -0.171. The summed E-state index contributed by atoms with van der Waals surface area (Å²) in [6.45, 7) is 9.22. The second kappa shape index (κ2) is 6.75. The Kier molecular flexibility index (Phi) is 5.57. The summed E-state index contributed by atoms with van der Waals surface area (Å²) in [5, 5.41) is 9.48. The van der Waals surface area contributed by atoms with E-state index in [0.29, 0.717) is 6.42 Å². The highest BCUT2D eigenvalue weighted by Crippen LogP contribution is 2.17. The first-order valence-corrected chi connectivity index (χ1v) is 6.83. The molecule has 0 heterocycles. The van der Waals surface area contributed by atoms with Crippen molar-refractivity contribution < 1.29 is 19.4 Å². The summed E-state index contributed by atoms with van der Waals surface area (Å²) < 4.78 is 11.0. The summed E-state index contributed by atoms with van der Waals surface area (Å²) in [7, 11) is 0. The minimum absolute atomic E-state index is 0.0789. The highest BCUT2D eigenvalue weighted by Gasteiger charge is 2.27. The Bertz CT molecular complexity index is 446. The second-order valence-electron chi connectivity index (χ2n) is 6.08. The highest BCUT2D eigenvalue weighted by molar-refractivity contribution is 5.75. The molecule has 1 atom stereocenters. The predicted molar refractivity (Wildman–Crippen MR) is 77.7 cm³/mol. The summed E-state index contributed by atoms with van der Waals surface area (Å²) in [6, 6.07) is 6.81. The van der Waals surface area contributed by atoms with Crippen molar-refractivity contribution in [3.8, 4) is 5.75 Å². The minimum atomic E-state index is -0.670. The van der Waals surface area contributed by atoms with E-state index in [-0.39, 0.29) is 17.8 Å². The average molecular weight is 280 g/mol. The topological polar surface area (TPSA) is 55.8 Å². The lowest BCUT2D eigenvalue weighted by Gasteiger charge is -2.25. The van der Waals surface area contributed by atoms with Crippen LogP contribution >= 0.6 is 0 Å². The minimum Gasteiger partial charge on any atom is -0.508 e. The van der Waals surface area contributed by atoms with Crippen LogP contribution in [0.4, 0.5) is 0 Å². The molecule has 1 aromatic rings. The Morgan fingerprint density at radius 1 is 1.30 bits per heavy atom. The van der Waals surface area contributed by atoms with Crippen molar-refractivity contribution in [1.82, 2.24) is 0 Å². The Hall–Kier alpha value is -1.55.